The number of nitrogens with two attached hydrogens (primary N) is 1. The van der Waals surface area contributed by atoms with Gasteiger partial charge in [0.15, 0.2) is 0 Å². The van der Waals surface area contributed by atoms with Gasteiger partial charge in [-0.2, -0.15) is 0 Å². The molecule has 13 heavy (non-hydrogen) atoms. The molecule has 1 aromatic carbocycles. The standard InChI is InChI=1S/C9H12N2O2/c1-6(10)9(13)11-7-4-2-3-5-8(7)12/h2-6,12H,10H2,1H3,(H,11,13). The number of carbonyl (C=O) groups is 1. The van der Waals surface area contributed by atoms with E-state index in [1.54, 1.807) is 25.1 Å². The van der Waals surface area contributed by atoms with Gasteiger partial charge < -0.3 is 16.2 Å². The lowest BCUT2D eigenvalue weighted by Crippen LogP contribution is -2.32. The van der Waals surface area contributed by atoms with Crippen molar-refractivity contribution >= 4 is 11.6 Å². The molecular weight excluding hydrogens is 168 g/mol. The summed E-state index contributed by atoms with van der Waals surface area (Å²) >= 11 is 0. The van der Waals surface area contributed by atoms with Crippen molar-refractivity contribution in [2.24, 2.45) is 5.73 Å². The van der Waals surface area contributed by atoms with Crippen LogP contribution in [-0.4, -0.2) is 17.1 Å². The third kappa shape index (κ3) is 2.45. The van der Waals surface area contributed by atoms with E-state index >= 15 is 0 Å². The number of phenolic OH excluding ortho intramolecular Hbond substituents is 1. The molecule has 4 heteroatoms. The van der Waals surface area contributed by atoms with Crippen molar-refractivity contribution in [1.29, 1.82) is 0 Å². The van der Waals surface area contributed by atoms with Crippen LogP contribution in [0.1, 0.15) is 6.92 Å². The first-order valence-electron chi connectivity index (χ1n) is 3.95. The molecule has 0 saturated carbocycles. The molecule has 0 heterocycles. The first kappa shape index (κ1) is 9.54. The molecule has 0 spiro atoms. The zero-order valence-corrected chi connectivity index (χ0v) is 7.32. The topological polar surface area (TPSA) is 75.4 Å². The number of hydrogen-bond donors (Lipinski definition) is 3. The summed E-state index contributed by atoms with van der Waals surface area (Å²) in [6, 6.07) is 5.92. The van der Waals surface area contributed by atoms with Crippen LogP contribution < -0.4 is 11.1 Å². The third-order valence-electron chi connectivity index (χ3n) is 1.58. The van der Waals surface area contributed by atoms with Crippen LogP contribution in [0.3, 0.4) is 0 Å². The first-order valence-corrected chi connectivity index (χ1v) is 3.95. The predicted octanol–water partition coefficient (Wildman–Crippen LogP) is 0.678. The molecule has 0 aliphatic rings. The SMILES string of the molecule is CC(N)C(=O)Nc1ccccc1O. The number of nitrogens with one attached hydrogen (secondary N) is 1. The van der Waals surface area contributed by atoms with Crippen molar-refractivity contribution in [2.45, 2.75) is 13.0 Å². The Morgan fingerprint density at radius 1 is 1.54 bits per heavy atom. The molecule has 4 nitrogen and oxygen atoms in total. The number of hydrogen-bond acceptors (Lipinski definition) is 3. The van der Waals surface area contributed by atoms with E-state index in [4.69, 9.17) is 5.73 Å². The highest BCUT2D eigenvalue weighted by Gasteiger charge is 2.08. The van der Waals surface area contributed by atoms with Crippen molar-refractivity contribution in [3.8, 4) is 5.75 Å². The molecular formula is C9H12N2O2. The summed E-state index contributed by atoms with van der Waals surface area (Å²) < 4.78 is 0. The molecule has 1 atom stereocenters. The third-order valence-corrected chi connectivity index (χ3v) is 1.58. The average Bonchev–Trinajstić information content (AvgIpc) is 2.08. The quantitative estimate of drug-likeness (QED) is 0.586. The number of carbonyl (C=O) groups excluding carboxylic acids is 1. The Morgan fingerprint density at radius 2 is 2.15 bits per heavy atom. The van der Waals surface area contributed by atoms with Gasteiger partial charge in [0.2, 0.25) is 5.91 Å². The largest absolute Gasteiger partial charge is 0.506 e. The van der Waals surface area contributed by atoms with Gasteiger partial charge in [0.25, 0.3) is 0 Å². The van der Waals surface area contributed by atoms with Crippen molar-refractivity contribution in [1.82, 2.24) is 0 Å². The van der Waals surface area contributed by atoms with Crippen molar-refractivity contribution in [2.75, 3.05) is 5.32 Å². The Morgan fingerprint density at radius 3 is 2.69 bits per heavy atom. The summed E-state index contributed by atoms with van der Waals surface area (Å²) in [7, 11) is 0. The minimum absolute atomic E-state index is 0.0384. The van der Waals surface area contributed by atoms with Crippen molar-refractivity contribution in [3.05, 3.63) is 24.3 Å². The zero-order valence-electron chi connectivity index (χ0n) is 7.32. The van der Waals surface area contributed by atoms with Crippen LogP contribution in [0.2, 0.25) is 0 Å². The zero-order chi connectivity index (χ0) is 9.84. The number of rotatable bonds is 2. The smallest absolute Gasteiger partial charge is 0.241 e. The van der Waals surface area contributed by atoms with Crippen LogP contribution in [0.4, 0.5) is 5.69 Å². The lowest BCUT2D eigenvalue weighted by Gasteiger charge is -2.08. The van der Waals surface area contributed by atoms with Crippen LogP contribution in [-0.2, 0) is 4.79 Å². The number of phenols is 1. The number of amides is 1. The molecule has 0 aliphatic heterocycles. The minimum Gasteiger partial charge on any atom is -0.506 e. The van der Waals surface area contributed by atoms with Crippen LogP contribution in [0, 0.1) is 0 Å². The fourth-order valence-corrected chi connectivity index (χ4v) is 0.826. The minimum atomic E-state index is -0.584. The fourth-order valence-electron chi connectivity index (χ4n) is 0.826. The Kier molecular flexibility index (Phi) is 2.87. The Bertz CT molecular complexity index is 310. The summed E-state index contributed by atoms with van der Waals surface area (Å²) in [5.74, 6) is -0.280. The number of para-hydroxylation sites is 2. The highest BCUT2D eigenvalue weighted by molar-refractivity contribution is 5.95. The van der Waals surface area contributed by atoms with Crippen LogP contribution in [0.15, 0.2) is 24.3 Å². The second kappa shape index (κ2) is 3.91. The molecule has 1 amide bonds. The van der Waals surface area contributed by atoms with E-state index in [0.717, 1.165) is 0 Å². The molecule has 0 fully saturated rings. The normalized spacial score (nSPS) is 12.2. The molecule has 0 bridgehead atoms. The molecule has 0 aliphatic carbocycles. The maximum atomic E-state index is 11.1. The van der Waals surface area contributed by atoms with E-state index in [2.05, 4.69) is 5.32 Å². The van der Waals surface area contributed by atoms with Gasteiger partial charge in [0.1, 0.15) is 5.75 Å². The van der Waals surface area contributed by atoms with Crippen LogP contribution in [0.25, 0.3) is 0 Å². The maximum Gasteiger partial charge on any atom is 0.241 e. The van der Waals surface area contributed by atoms with E-state index in [0.29, 0.717) is 5.69 Å². The fraction of sp³-hybridized carbons (Fsp3) is 0.222. The Labute approximate surface area is 76.4 Å². The average molecular weight is 180 g/mol. The Balaban J connectivity index is 2.75. The van der Waals surface area contributed by atoms with Gasteiger partial charge >= 0.3 is 0 Å². The monoisotopic (exact) mass is 180 g/mol. The van der Waals surface area contributed by atoms with E-state index in [1.165, 1.54) is 6.07 Å². The van der Waals surface area contributed by atoms with Crippen molar-refractivity contribution in [3.63, 3.8) is 0 Å². The predicted molar refractivity (Wildman–Crippen MR) is 50.4 cm³/mol. The van der Waals surface area contributed by atoms with Gasteiger partial charge in [0, 0.05) is 0 Å². The molecule has 4 N–H and O–H groups in total. The summed E-state index contributed by atoms with van der Waals surface area (Å²) in [4.78, 5) is 11.1. The summed E-state index contributed by atoms with van der Waals surface area (Å²) in [6.45, 7) is 1.58. The first-order chi connectivity index (χ1) is 6.11. The van der Waals surface area contributed by atoms with E-state index < -0.39 is 6.04 Å². The van der Waals surface area contributed by atoms with E-state index in [1.807, 2.05) is 0 Å². The second-order valence-electron chi connectivity index (χ2n) is 2.80. The van der Waals surface area contributed by atoms with E-state index in [9.17, 15) is 9.90 Å². The van der Waals surface area contributed by atoms with Gasteiger partial charge in [-0.25, -0.2) is 0 Å². The Hall–Kier alpha value is -1.55. The summed E-state index contributed by atoms with van der Waals surface area (Å²) in [6.07, 6.45) is 0. The van der Waals surface area contributed by atoms with Gasteiger partial charge in [0.05, 0.1) is 11.7 Å². The highest BCUT2D eigenvalue weighted by atomic mass is 16.3. The summed E-state index contributed by atoms with van der Waals surface area (Å²) in [5, 5.41) is 11.8. The molecule has 1 aromatic rings. The molecule has 1 rings (SSSR count). The van der Waals surface area contributed by atoms with Gasteiger partial charge in [-0.05, 0) is 19.1 Å². The summed E-state index contributed by atoms with van der Waals surface area (Å²) in [5.41, 5.74) is 5.72. The molecule has 0 saturated heterocycles. The van der Waals surface area contributed by atoms with Gasteiger partial charge in [-0.15, -0.1) is 0 Å². The molecule has 0 radical (unpaired) electrons. The van der Waals surface area contributed by atoms with E-state index in [-0.39, 0.29) is 11.7 Å². The van der Waals surface area contributed by atoms with Gasteiger partial charge in [-0.3, -0.25) is 4.79 Å². The number of anilines is 1. The van der Waals surface area contributed by atoms with Crippen molar-refractivity contribution < 1.29 is 9.90 Å². The van der Waals surface area contributed by atoms with Crippen LogP contribution in [0.5, 0.6) is 5.75 Å². The lowest BCUT2D eigenvalue weighted by molar-refractivity contribution is -0.117. The lowest BCUT2D eigenvalue weighted by atomic mass is 10.2. The molecule has 70 valence electrons. The molecule has 0 aromatic heterocycles. The van der Waals surface area contributed by atoms with Crippen LogP contribution >= 0.6 is 0 Å². The highest BCUT2D eigenvalue weighted by Crippen LogP contribution is 2.21. The van der Waals surface area contributed by atoms with Gasteiger partial charge in [-0.1, -0.05) is 12.1 Å². The number of benzene rings is 1. The number of aromatic hydroxyl groups is 1. The second-order valence-corrected chi connectivity index (χ2v) is 2.80. The maximum absolute atomic E-state index is 11.1. The molecule has 1 unspecified atom stereocenters.